The molecule has 0 amide bonds. The lowest BCUT2D eigenvalue weighted by molar-refractivity contribution is -0.217. The highest BCUT2D eigenvalue weighted by molar-refractivity contribution is 5.85. The van der Waals surface area contributed by atoms with Gasteiger partial charge in [0, 0.05) is 19.6 Å². The van der Waals surface area contributed by atoms with Crippen LogP contribution in [0.2, 0.25) is 0 Å². The fraction of sp³-hybridized carbons (Fsp3) is 1.00. The summed E-state index contributed by atoms with van der Waals surface area (Å²) < 4.78 is 5.11. The number of aliphatic hydroxyl groups excluding tert-OH is 1. The first kappa shape index (κ1) is 10.2. The second-order valence-electron chi connectivity index (χ2n) is 3.03. The molecule has 1 atom stereocenters. The summed E-state index contributed by atoms with van der Waals surface area (Å²) in [5, 5.41) is 13.7. The fourth-order valence-corrected chi connectivity index (χ4v) is 1.47. The maximum atomic E-state index is 9.46. The van der Waals surface area contributed by atoms with Crippen LogP contribution in [0.25, 0.3) is 0 Å². The van der Waals surface area contributed by atoms with E-state index in [0.29, 0.717) is 6.61 Å². The third kappa shape index (κ3) is 1.89. The molecule has 0 aliphatic carbocycles. The van der Waals surface area contributed by atoms with Gasteiger partial charge < -0.3 is 9.84 Å². The Morgan fingerprint density at radius 3 is 2.50 bits per heavy atom. The molecule has 0 spiro atoms. The van der Waals surface area contributed by atoms with Crippen molar-refractivity contribution in [2.75, 3.05) is 32.8 Å². The molecule has 0 bridgehead atoms. The van der Waals surface area contributed by atoms with Crippen molar-refractivity contribution in [1.82, 2.24) is 10.0 Å². The summed E-state index contributed by atoms with van der Waals surface area (Å²) in [4.78, 5) is 0. The summed E-state index contributed by atoms with van der Waals surface area (Å²) in [6.07, 6.45) is 0.841. The van der Waals surface area contributed by atoms with Crippen LogP contribution in [0.5, 0.6) is 0 Å². The third-order valence-electron chi connectivity index (χ3n) is 2.27. The number of hydrogen-bond acceptors (Lipinski definition) is 4. The molecule has 2 aliphatic heterocycles. The van der Waals surface area contributed by atoms with E-state index in [1.807, 2.05) is 5.01 Å². The number of morpholine rings is 1. The number of hydrazine groups is 1. The Labute approximate surface area is 78.5 Å². The van der Waals surface area contributed by atoms with Gasteiger partial charge in [-0.3, -0.25) is 0 Å². The smallest absolute Gasteiger partial charge is 0.143 e. The molecule has 2 heterocycles. The highest BCUT2D eigenvalue weighted by Crippen LogP contribution is 2.14. The molecular formula is C7H15ClN2O2. The van der Waals surface area contributed by atoms with Crippen molar-refractivity contribution in [3.05, 3.63) is 0 Å². The summed E-state index contributed by atoms with van der Waals surface area (Å²) >= 11 is 0. The molecule has 2 aliphatic rings. The standard InChI is InChI=1S/C7H14N2O2.ClH/c10-7-6-11-5-4-9(7)8-2-1-3-8;/h7,10H,1-6H2;1H. The molecule has 1 N–H and O–H groups in total. The van der Waals surface area contributed by atoms with Gasteiger partial charge in [-0.05, 0) is 6.42 Å². The second-order valence-corrected chi connectivity index (χ2v) is 3.03. The van der Waals surface area contributed by atoms with Crippen LogP contribution in [0.15, 0.2) is 0 Å². The molecule has 2 rings (SSSR count). The minimum atomic E-state index is -0.413. The molecule has 4 nitrogen and oxygen atoms in total. The van der Waals surface area contributed by atoms with E-state index in [1.165, 1.54) is 6.42 Å². The first-order valence-corrected chi connectivity index (χ1v) is 4.15. The molecule has 2 saturated heterocycles. The number of ether oxygens (including phenoxy) is 1. The topological polar surface area (TPSA) is 35.9 Å². The number of halogens is 1. The summed E-state index contributed by atoms with van der Waals surface area (Å²) in [6, 6.07) is 0. The lowest BCUT2D eigenvalue weighted by atomic mass is 10.2. The van der Waals surface area contributed by atoms with Gasteiger partial charge in [-0.15, -0.1) is 12.4 Å². The van der Waals surface area contributed by atoms with Gasteiger partial charge in [0.15, 0.2) is 0 Å². The Morgan fingerprint density at radius 1 is 1.25 bits per heavy atom. The second kappa shape index (κ2) is 4.39. The minimum absolute atomic E-state index is 0. The molecule has 72 valence electrons. The van der Waals surface area contributed by atoms with Crippen LogP contribution in [0, 0.1) is 0 Å². The van der Waals surface area contributed by atoms with Crippen molar-refractivity contribution >= 4 is 12.4 Å². The van der Waals surface area contributed by atoms with Gasteiger partial charge in [-0.2, -0.15) is 0 Å². The van der Waals surface area contributed by atoms with Gasteiger partial charge in [-0.25, -0.2) is 10.0 Å². The molecule has 0 aromatic carbocycles. The first-order chi connectivity index (χ1) is 5.38. The van der Waals surface area contributed by atoms with Gasteiger partial charge in [0.05, 0.1) is 13.2 Å². The summed E-state index contributed by atoms with van der Waals surface area (Å²) in [6.45, 7) is 4.22. The molecular weight excluding hydrogens is 180 g/mol. The monoisotopic (exact) mass is 194 g/mol. The predicted molar refractivity (Wildman–Crippen MR) is 47.0 cm³/mol. The maximum Gasteiger partial charge on any atom is 0.143 e. The van der Waals surface area contributed by atoms with Crippen LogP contribution in [0.4, 0.5) is 0 Å². The zero-order valence-corrected chi connectivity index (χ0v) is 7.79. The van der Waals surface area contributed by atoms with Crippen LogP contribution in [-0.2, 0) is 4.74 Å². The normalized spacial score (nSPS) is 32.2. The summed E-state index contributed by atoms with van der Waals surface area (Å²) in [5.74, 6) is 0. The van der Waals surface area contributed by atoms with Crippen LogP contribution in [0.1, 0.15) is 6.42 Å². The Hall–Kier alpha value is 0.130. The van der Waals surface area contributed by atoms with Crippen LogP contribution >= 0.6 is 12.4 Å². The van der Waals surface area contributed by atoms with Crippen LogP contribution < -0.4 is 0 Å². The SMILES string of the molecule is Cl.OC1COCCN1N1CCC1. The van der Waals surface area contributed by atoms with E-state index in [4.69, 9.17) is 4.74 Å². The van der Waals surface area contributed by atoms with E-state index in [1.54, 1.807) is 0 Å². The van der Waals surface area contributed by atoms with E-state index in [-0.39, 0.29) is 12.4 Å². The summed E-state index contributed by atoms with van der Waals surface area (Å²) in [7, 11) is 0. The number of nitrogens with zero attached hydrogens (tertiary/aromatic N) is 2. The minimum Gasteiger partial charge on any atom is -0.376 e. The van der Waals surface area contributed by atoms with E-state index in [0.717, 1.165) is 26.2 Å². The van der Waals surface area contributed by atoms with Gasteiger partial charge in [0.25, 0.3) is 0 Å². The van der Waals surface area contributed by atoms with Crippen molar-refractivity contribution in [3.63, 3.8) is 0 Å². The molecule has 0 saturated carbocycles. The average Bonchev–Trinajstić information content (AvgIpc) is 1.90. The van der Waals surface area contributed by atoms with Crippen molar-refractivity contribution < 1.29 is 9.84 Å². The molecule has 0 aromatic heterocycles. The zero-order valence-electron chi connectivity index (χ0n) is 6.98. The first-order valence-electron chi connectivity index (χ1n) is 4.15. The van der Waals surface area contributed by atoms with Crippen molar-refractivity contribution in [2.45, 2.75) is 12.6 Å². The Morgan fingerprint density at radius 2 is 2.00 bits per heavy atom. The van der Waals surface area contributed by atoms with Crippen LogP contribution in [0.3, 0.4) is 0 Å². The molecule has 0 radical (unpaired) electrons. The molecule has 1 unspecified atom stereocenters. The Kier molecular flexibility index (Phi) is 3.74. The Balaban J connectivity index is 0.000000720. The lowest BCUT2D eigenvalue weighted by Gasteiger charge is -2.45. The van der Waals surface area contributed by atoms with E-state index < -0.39 is 6.23 Å². The third-order valence-corrected chi connectivity index (χ3v) is 2.27. The highest BCUT2D eigenvalue weighted by atomic mass is 35.5. The van der Waals surface area contributed by atoms with Gasteiger partial charge in [0.2, 0.25) is 0 Å². The zero-order chi connectivity index (χ0) is 7.68. The predicted octanol–water partition coefficient (Wildman–Crippen LogP) is -0.321. The molecule has 12 heavy (non-hydrogen) atoms. The summed E-state index contributed by atoms with van der Waals surface area (Å²) in [5.41, 5.74) is 0. The number of hydrogen-bond donors (Lipinski definition) is 1. The highest BCUT2D eigenvalue weighted by Gasteiger charge is 2.29. The fourth-order valence-electron chi connectivity index (χ4n) is 1.47. The van der Waals surface area contributed by atoms with Crippen molar-refractivity contribution in [2.24, 2.45) is 0 Å². The van der Waals surface area contributed by atoms with E-state index >= 15 is 0 Å². The largest absolute Gasteiger partial charge is 0.376 e. The van der Waals surface area contributed by atoms with Crippen LogP contribution in [-0.4, -0.2) is 54.2 Å². The van der Waals surface area contributed by atoms with Gasteiger partial charge in [0.1, 0.15) is 6.23 Å². The van der Waals surface area contributed by atoms with Gasteiger partial charge in [-0.1, -0.05) is 0 Å². The van der Waals surface area contributed by atoms with Gasteiger partial charge >= 0.3 is 0 Å². The number of aliphatic hydroxyl groups is 1. The number of rotatable bonds is 1. The molecule has 2 fully saturated rings. The Bertz CT molecular complexity index is 141. The average molecular weight is 195 g/mol. The van der Waals surface area contributed by atoms with Crippen molar-refractivity contribution in [1.29, 1.82) is 0 Å². The van der Waals surface area contributed by atoms with E-state index in [2.05, 4.69) is 5.01 Å². The molecule has 5 heteroatoms. The quantitative estimate of drug-likeness (QED) is 0.621. The lowest BCUT2D eigenvalue weighted by Crippen LogP contribution is -2.59. The van der Waals surface area contributed by atoms with E-state index in [9.17, 15) is 5.11 Å². The maximum absolute atomic E-state index is 9.46. The molecule has 0 aromatic rings. The van der Waals surface area contributed by atoms with Crippen molar-refractivity contribution in [3.8, 4) is 0 Å².